The van der Waals surface area contributed by atoms with Crippen molar-refractivity contribution in [2.75, 3.05) is 44.2 Å². The number of nitrogens with one attached hydrogen (secondary N) is 2. The Bertz CT molecular complexity index is 664. The summed E-state index contributed by atoms with van der Waals surface area (Å²) in [5.74, 6) is 1.62. The SMILES string of the molecule is O=C(c1cccc(N2CCCNC2=O)c1)N1CCC(C2CCNC2)CC1. The van der Waals surface area contributed by atoms with Gasteiger partial charge >= 0.3 is 6.03 Å². The molecule has 0 aliphatic carbocycles. The number of rotatable bonds is 3. The molecule has 4 rings (SSSR count). The number of amides is 3. The van der Waals surface area contributed by atoms with Gasteiger partial charge in [0.2, 0.25) is 0 Å². The summed E-state index contributed by atoms with van der Waals surface area (Å²) in [6.45, 7) is 5.38. The topological polar surface area (TPSA) is 64.7 Å². The minimum Gasteiger partial charge on any atom is -0.339 e. The molecular formula is C20H28N4O2. The van der Waals surface area contributed by atoms with E-state index in [1.165, 1.54) is 6.42 Å². The van der Waals surface area contributed by atoms with Gasteiger partial charge in [0.1, 0.15) is 0 Å². The van der Waals surface area contributed by atoms with Gasteiger partial charge < -0.3 is 15.5 Å². The molecule has 1 aromatic carbocycles. The number of carbonyl (C=O) groups excluding carboxylic acids is 2. The molecule has 3 fully saturated rings. The molecule has 2 N–H and O–H groups in total. The maximum atomic E-state index is 12.9. The van der Waals surface area contributed by atoms with E-state index >= 15 is 0 Å². The van der Waals surface area contributed by atoms with Crippen LogP contribution in [-0.2, 0) is 0 Å². The Kier molecular flexibility index (Phi) is 5.11. The fourth-order valence-electron chi connectivity index (χ4n) is 4.52. The first-order chi connectivity index (χ1) is 12.7. The molecule has 6 nitrogen and oxygen atoms in total. The second kappa shape index (κ2) is 7.66. The summed E-state index contributed by atoms with van der Waals surface area (Å²) in [5.41, 5.74) is 1.49. The van der Waals surface area contributed by atoms with Crippen LogP contribution in [-0.4, -0.2) is 56.1 Å². The van der Waals surface area contributed by atoms with Crippen LogP contribution in [0.1, 0.15) is 36.0 Å². The minimum absolute atomic E-state index is 0.0770. The summed E-state index contributed by atoms with van der Waals surface area (Å²) in [6, 6.07) is 7.43. The summed E-state index contributed by atoms with van der Waals surface area (Å²) in [6.07, 6.45) is 4.41. The van der Waals surface area contributed by atoms with Crippen LogP contribution in [0, 0.1) is 11.8 Å². The monoisotopic (exact) mass is 356 g/mol. The van der Waals surface area contributed by atoms with Gasteiger partial charge in [-0.25, -0.2) is 4.79 Å². The van der Waals surface area contributed by atoms with Crippen LogP contribution in [0.5, 0.6) is 0 Å². The summed E-state index contributed by atoms with van der Waals surface area (Å²) in [5, 5.41) is 6.31. The summed E-state index contributed by atoms with van der Waals surface area (Å²) >= 11 is 0. The van der Waals surface area contributed by atoms with Crippen molar-refractivity contribution < 1.29 is 9.59 Å². The van der Waals surface area contributed by atoms with E-state index in [0.29, 0.717) is 12.1 Å². The standard InChI is InChI=1S/C20H28N4O2/c25-19(23-11-6-15(7-12-23)17-5-9-21-14-17)16-3-1-4-18(13-16)24-10-2-8-22-20(24)26/h1,3-4,13,15,17,21H,2,5-12,14H2,(H,22,26). The molecule has 0 aromatic heterocycles. The van der Waals surface area contributed by atoms with Crippen LogP contribution < -0.4 is 15.5 Å². The maximum Gasteiger partial charge on any atom is 0.321 e. The number of piperidine rings is 1. The Hall–Kier alpha value is -2.08. The molecule has 1 unspecified atom stereocenters. The number of hydrogen-bond donors (Lipinski definition) is 2. The van der Waals surface area contributed by atoms with Gasteiger partial charge in [-0.15, -0.1) is 0 Å². The van der Waals surface area contributed by atoms with Crippen LogP contribution in [0.3, 0.4) is 0 Å². The van der Waals surface area contributed by atoms with E-state index in [1.54, 1.807) is 4.90 Å². The second-order valence-corrected chi connectivity index (χ2v) is 7.67. The van der Waals surface area contributed by atoms with Gasteiger partial charge in [0.05, 0.1) is 0 Å². The number of nitrogens with zero attached hydrogens (tertiary/aromatic N) is 2. The summed E-state index contributed by atoms with van der Waals surface area (Å²) in [7, 11) is 0. The fraction of sp³-hybridized carbons (Fsp3) is 0.600. The second-order valence-electron chi connectivity index (χ2n) is 7.67. The van der Waals surface area contributed by atoms with Crippen LogP contribution in [0.25, 0.3) is 0 Å². The smallest absolute Gasteiger partial charge is 0.321 e. The Balaban J connectivity index is 1.40. The molecular weight excluding hydrogens is 328 g/mol. The third-order valence-corrected chi connectivity index (χ3v) is 6.08. The van der Waals surface area contributed by atoms with Crippen LogP contribution in [0.15, 0.2) is 24.3 Å². The number of urea groups is 1. The molecule has 0 saturated carbocycles. The molecule has 3 saturated heterocycles. The Morgan fingerprint density at radius 1 is 1.04 bits per heavy atom. The molecule has 0 spiro atoms. The number of carbonyl (C=O) groups is 2. The van der Waals surface area contributed by atoms with E-state index < -0.39 is 0 Å². The first kappa shape index (κ1) is 17.3. The Labute approximate surface area is 154 Å². The van der Waals surface area contributed by atoms with Gasteiger partial charge in [-0.1, -0.05) is 6.07 Å². The molecule has 0 radical (unpaired) electrons. The van der Waals surface area contributed by atoms with Crippen molar-refractivity contribution in [3.63, 3.8) is 0 Å². The van der Waals surface area contributed by atoms with Crippen molar-refractivity contribution in [3.8, 4) is 0 Å². The highest BCUT2D eigenvalue weighted by atomic mass is 16.2. The van der Waals surface area contributed by atoms with Gasteiger partial charge in [0, 0.05) is 37.4 Å². The number of anilines is 1. The van der Waals surface area contributed by atoms with E-state index in [0.717, 1.165) is 69.5 Å². The van der Waals surface area contributed by atoms with E-state index in [-0.39, 0.29) is 11.9 Å². The Morgan fingerprint density at radius 2 is 1.88 bits per heavy atom. The van der Waals surface area contributed by atoms with Crippen LogP contribution >= 0.6 is 0 Å². The Morgan fingerprint density at radius 3 is 2.62 bits per heavy atom. The fourth-order valence-corrected chi connectivity index (χ4v) is 4.52. The lowest BCUT2D eigenvalue weighted by Gasteiger charge is -2.35. The molecule has 3 aliphatic heterocycles. The molecule has 140 valence electrons. The van der Waals surface area contributed by atoms with Crippen LogP contribution in [0.2, 0.25) is 0 Å². The lowest BCUT2D eigenvalue weighted by Crippen LogP contribution is -2.46. The van der Waals surface area contributed by atoms with E-state index in [2.05, 4.69) is 10.6 Å². The first-order valence-electron chi connectivity index (χ1n) is 9.88. The van der Waals surface area contributed by atoms with Crippen molar-refractivity contribution in [2.24, 2.45) is 11.8 Å². The van der Waals surface area contributed by atoms with Gasteiger partial charge in [0.25, 0.3) is 5.91 Å². The van der Waals surface area contributed by atoms with Crippen molar-refractivity contribution in [2.45, 2.75) is 25.7 Å². The van der Waals surface area contributed by atoms with Crippen molar-refractivity contribution in [3.05, 3.63) is 29.8 Å². The molecule has 3 aliphatic rings. The normalized spacial score (nSPS) is 24.6. The van der Waals surface area contributed by atoms with E-state index in [1.807, 2.05) is 29.2 Å². The highest BCUT2D eigenvalue weighted by Gasteiger charge is 2.30. The van der Waals surface area contributed by atoms with Gasteiger partial charge in [0.15, 0.2) is 0 Å². The van der Waals surface area contributed by atoms with Gasteiger partial charge in [-0.05, 0) is 68.8 Å². The van der Waals surface area contributed by atoms with Gasteiger partial charge in [-0.2, -0.15) is 0 Å². The zero-order valence-corrected chi connectivity index (χ0v) is 15.2. The van der Waals surface area contributed by atoms with E-state index in [9.17, 15) is 9.59 Å². The largest absolute Gasteiger partial charge is 0.339 e. The van der Waals surface area contributed by atoms with Crippen LogP contribution in [0.4, 0.5) is 10.5 Å². The zero-order valence-electron chi connectivity index (χ0n) is 15.2. The highest BCUT2D eigenvalue weighted by Crippen LogP contribution is 2.30. The predicted molar refractivity (Wildman–Crippen MR) is 101 cm³/mol. The molecule has 26 heavy (non-hydrogen) atoms. The first-order valence-corrected chi connectivity index (χ1v) is 9.88. The number of likely N-dealkylation sites (tertiary alicyclic amines) is 1. The maximum absolute atomic E-state index is 12.9. The third kappa shape index (κ3) is 3.56. The number of benzene rings is 1. The third-order valence-electron chi connectivity index (χ3n) is 6.08. The van der Waals surface area contributed by atoms with Crippen molar-refractivity contribution >= 4 is 17.6 Å². The predicted octanol–water partition coefficient (Wildman–Crippen LogP) is 2.07. The zero-order chi connectivity index (χ0) is 17.9. The quantitative estimate of drug-likeness (QED) is 0.871. The molecule has 0 bridgehead atoms. The molecule has 3 amide bonds. The lowest BCUT2D eigenvalue weighted by molar-refractivity contribution is 0.0663. The van der Waals surface area contributed by atoms with Crippen molar-refractivity contribution in [1.29, 1.82) is 0 Å². The lowest BCUT2D eigenvalue weighted by atomic mass is 9.83. The molecule has 1 aromatic rings. The summed E-state index contributed by atoms with van der Waals surface area (Å²) < 4.78 is 0. The highest BCUT2D eigenvalue weighted by molar-refractivity contribution is 5.98. The summed E-state index contributed by atoms with van der Waals surface area (Å²) in [4.78, 5) is 28.7. The molecule has 1 atom stereocenters. The molecule has 3 heterocycles. The number of hydrogen-bond acceptors (Lipinski definition) is 3. The minimum atomic E-state index is -0.0770. The van der Waals surface area contributed by atoms with Gasteiger partial charge in [-0.3, -0.25) is 9.69 Å². The average Bonchev–Trinajstić information content (AvgIpc) is 3.23. The molecule has 6 heteroatoms. The van der Waals surface area contributed by atoms with Crippen molar-refractivity contribution in [1.82, 2.24) is 15.5 Å². The van der Waals surface area contributed by atoms with E-state index in [4.69, 9.17) is 0 Å². The average molecular weight is 356 g/mol.